The molecule has 2 heteroatoms. The highest BCUT2D eigenvalue weighted by atomic mass is 15.1. The van der Waals surface area contributed by atoms with Crippen molar-refractivity contribution < 1.29 is 0 Å². The maximum Gasteiger partial charge on any atom is 0.0544 e. The molecule has 0 aliphatic heterocycles. The van der Waals surface area contributed by atoms with E-state index < -0.39 is 0 Å². The summed E-state index contributed by atoms with van der Waals surface area (Å²) in [5.74, 6) is 0. The SMILES string of the molecule is C1=C(c2ccc(N(c3ccc(-c4ccc5ccccc5c4)cc3)c3ccccc3-c3ccccc3)cc2)CCC(n2c3ccccc3c3cc4ccccc4cc32)=C1. The van der Waals surface area contributed by atoms with Gasteiger partial charge in [-0.3, -0.25) is 0 Å². The van der Waals surface area contributed by atoms with Crippen molar-refractivity contribution >= 4 is 71.7 Å². The van der Waals surface area contributed by atoms with Gasteiger partial charge in [-0.15, -0.1) is 0 Å². The molecule has 0 N–H and O–H groups in total. The second-order valence-electron chi connectivity index (χ2n) is 15.3. The third kappa shape index (κ3) is 5.98. The molecule has 1 aliphatic carbocycles. The molecule has 0 saturated carbocycles. The summed E-state index contributed by atoms with van der Waals surface area (Å²) in [5.41, 5.74) is 14.7. The fraction of sp³-hybridized carbons (Fsp3) is 0.0357. The molecule has 1 aliphatic rings. The molecule has 274 valence electrons. The molecular weight excluding hydrogens is 701 g/mol. The van der Waals surface area contributed by atoms with E-state index in [0.717, 1.165) is 29.9 Å². The number of fused-ring (bicyclic) bond motifs is 5. The van der Waals surface area contributed by atoms with E-state index in [4.69, 9.17) is 0 Å². The predicted octanol–water partition coefficient (Wildman–Crippen LogP) is 15.6. The number of allylic oxidation sites excluding steroid dienone is 4. The van der Waals surface area contributed by atoms with Crippen LogP contribution in [-0.4, -0.2) is 4.57 Å². The van der Waals surface area contributed by atoms with Crippen molar-refractivity contribution in [3.8, 4) is 22.3 Å². The first-order chi connectivity index (χ1) is 28.7. The molecule has 0 bridgehead atoms. The van der Waals surface area contributed by atoms with Crippen LogP contribution in [-0.2, 0) is 0 Å². The number of nitrogens with zero attached hydrogens (tertiary/aromatic N) is 2. The third-order valence-corrected chi connectivity index (χ3v) is 11.9. The summed E-state index contributed by atoms with van der Waals surface area (Å²) in [7, 11) is 0. The Bertz CT molecular complexity index is 3200. The van der Waals surface area contributed by atoms with E-state index in [0.29, 0.717) is 0 Å². The Hall–Kier alpha value is -7.42. The largest absolute Gasteiger partial charge is 0.313 e. The summed E-state index contributed by atoms with van der Waals surface area (Å²) >= 11 is 0. The quantitative estimate of drug-likeness (QED) is 0.158. The van der Waals surface area contributed by atoms with Crippen LogP contribution in [0.15, 0.2) is 218 Å². The van der Waals surface area contributed by atoms with Crippen molar-refractivity contribution in [1.82, 2.24) is 4.57 Å². The van der Waals surface area contributed by atoms with Gasteiger partial charge in [0.05, 0.1) is 16.7 Å². The predicted molar refractivity (Wildman–Crippen MR) is 248 cm³/mol. The lowest BCUT2D eigenvalue weighted by molar-refractivity contribution is 0.992. The number of hydrogen-bond donors (Lipinski definition) is 0. The Morgan fingerprint density at radius 3 is 1.71 bits per heavy atom. The molecule has 0 saturated heterocycles. The molecule has 0 unspecified atom stereocenters. The molecule has 1 heterocycles. The number of aromatic nitrogens is 1. The van der Waals surface area contributed by atoms with Crippen LogP contribution in [0.25, 0.3) is 76.9 Å². The molecule has 2 nitrogen and oxygen atoms in total. The highest BCUT2D eigenvalue weighted by molar-refractivity contribution is 6.14. The summed E-state index contributed by atoms with van der Waals surface area (Å²) < 4.78 is 2.49. The first-order valence-corrected chi connectivity index (χ1v) is 20.2. The van der Waals surface area contributed by atoms with Gasteiger partial charge >= 0.3 is 0 Å². The lowest BCUT2D eigenvalue weighted by Gasteiger charge is -2.28. The van der Waals surface area contributed by atoms with Crippen molar-refractivity contribution in [1.29, 1.82) is 0 Å². The van der Waals surface area contributed by atoms with E-state index in [-0.39, 0.29) is 0 Å². The lowest BCUT2D eigenvalue weighted by atomic mass is 9.95. The van der Waals surface area contributed by atoms with Crippen molar-refractivity contribution in [2.75, 3.05) is 4.90 Å². The maximum atomic E-state index is 2.49. The van der Waals surface area contributed by atoms with Gasteiger partial charge in [0, 0.05) is 33.4 Å². The zero-order chi connectivity index (χ0) is 38.4. The number of anilines is 3. The molecule has 11 rings (SSSR count). The molecule has 1 aromatic heterocycles. The molecule has 0 spiro atoms. The van der Waals surface area contributed by atoms with Crippen molar-refractivity contribution in [3.63, 3.8) is 0 Å². The van der Waals surface area contributed by atoms with E-state index in [1.807, 2.05) is 0 Å². The van der Waals surface area contributed by atoms with Crippen LogP contribution < -0.4 is 4.90 Å². The van der Waals surface area contributed by atoms with Crippen LogP contribution in [0, 0.1) is 0 Å². The number of para-hydroxylation sites is 2. The topological polar surface area (TPSA) is 8.17 Å². The smallest absolute Gasteiger partial charge is 0.0544 e. The zero-order valence-electron chi connectivity index (χ0n) is 32.1. The summed E-state index contributed by atoms with van der Waals surface area (Å²) in [5, 5.41) is 7.67. The standard InChI is InChI=1S/C56H40N2/c1-2-13-43(14-3-1)51-18-8-10-20-54(51)57(49-32-28-42(29-33-49)47-23-22-39-12-4-5-15-44(39)36-47)48-30-24-40(25-31-48)41-26-34-50(35-27-41)58-55-21-11-9-19-52(55)53-37-45-16-6-7-17-46(45)38-56(53)58/h1-26,28-34,36-38H,27,35H2. The minimum atomic E-state index is 0.967. The Balaban J connectivity index is 0.960. The second-order valence-corrected chi connectivity index (χ2v) is 15.3. The monoisotopic (exact) mass is 740 g/mol. The van der Waals surface area contributed by atoms with E-state index in [9.17, 15) is 0 Å². The molecule has 0 fully saturated rings. The van der Waals surface area contributed by atoms with E-state index in [2.05, 4.69) is 228 Å². The van der Waals surface area contributed by atoms with E-state index >= 15 is 0 Å². The third-order valence-electron chi connectivity index (χ3n) is 11.9. The fourth-order valence-corrected chi connectivity index (χ4v) is 8.97. The van der Waals surface area contributed by atoms with Gasteiger partial charge in [-0.05, 0) is 123 Å². The molecular formula is C56H40N2. The van der Waals surface area contributed by atoms with E-state index in [1.165, 1.54) is 82.4 Å². The van der Waals surface area contributed by atoms with Crippen LogP contribution >= 0.6 is 0 Å². The molecule has 0 amide bonds. The first kappa shape index (κ1) is 33.9. The molecule has 0 radical (unpaired) electrons. The highest BCUT2D eigenvalue weighted by Crippen LogP contribution is 2.43. The number of benzene rings is 9. The van der Waals surface area contributed by atoms with Gasteiger partial charge in [-0.25, -0.2) is 0 Å². The maximum absolute atomic E-state index is 2.49. The fourth-order valence-electron chi connectivity index (χ4n) is 8.97. The highest BCUT2D eigenvalue weighted by Gasteiger charge is 2.20. The van der Waals surface area contributed by atoms with Crippen LogP contribution in [0.3, 0.4) is 0 Å². The zero-order valence-corrected chi connectivity index (χ0v) is 32.1. The lowest BCUT2D eigenvalue weighted by Crippen LogP contribution is -2.11. The first-order valence-electron chi connectivity index (χ1n) is 20.2. The summed E-state index contributed by atoms with van der Waals surface area (Å²) in [6.07, 6.45) is 6.62. The Kier molecular flexibility index (Phi) is 8.33. The van der Waals surface area contributed by atoms with Gasteiger partial charge in [0.1, 0.15) is 0 Å². The molecule has 10 aromatic rings. The second kappa shape index (κ2) is 14.3. The number of hydrogen-bond acceptors (Lipinski definition) is 1. The Labute approximate surface area is 338 Å². The molecule has 0 atom stereocenters. The van der Waals surface area contributed by atoms with Crippen LogP contribution in [0.5, 0.6) is 0 Å². The van der Waals surface area contributed by atoms with E-state index in [1.54, 1.807) is 0 Å². The van der Waals surface area contributed by atoms with Gasteiger partial charge in [0.25, 0.3) is 0 Å². The van der Waals surface area contributed by atoms with Crippen LogP contribution in [0.2, 0.25) is 0 Å². The van der Waals surface area contributed by atoms with Gasteiger partial charge < -0.3 is 9.47 Å². The van der Waals surface area contributed by atoms with Gasteiger partial charge in [0.2, 0.25) is 0 Å². The van der Waals surface area contributed by atoms with Gasteiger partial charge in [-0.2, -0.15) is 0 Å². The summed E-state index contributed by atoms with van der Waals surface area (Å²) in [6.45, 7) is 0. The summed E-state index contributed by atoms with van der Waals surface area (Å²) in [4.78, 5) is 2.40. The normalized spacial score (nSPS) is 12.9. The Morgan fingerprint density at radius 2 is 0.966 bits per heavy atom. The number of rotatable bonds is 7. The average Bonchev–Trinajstić information content (AvgIpc) is 3.62. The van der Waals surface area contributed by atoms with Gasteiger partial charge in [-0.1, -0.05) is 158 Å². The minimum absolute atomic E-state index is 0.967. The molecule has 58 heavy (non-hydrogen) atoms. The average molecular weight is 741 g/mol. The van der Waals surface area contributed by atoms with Crippen molar-refractivity contribution in [2.24, 2.45) is 0 Å². The minimum Gasteiger partial charge on any atom is -0.313 e. The van der Waals surface area contributed by atoms with Gasteiger partial charge in [0.15, 0.2) is 0 Å². The summed E-state index contributed by atoms with van der Waals surface area (Å²) in [6, 6.07) is 75.2. The van der Waals surface area contributed by atoms with Crippen molar-refractivity contribution in [3.05, 3.63) is 224 Å². The van der Waals surface area contributed by atoms with Crippen LogP contribution in [0.1, 0.15) is 18.4 Å². The Morgan fingerprint density at radius 1 is 0.362 bits per heavy atom. The molecule has 9 aromatic carbocycles. The van der Waals surface area contributed by atoms with Crippen LogP contribution in [0.4, 0.5) is 17.1 Å². The van der Waals surface area contributed by atoms with Crippen molar-refractivity contribution in [2.45, 2.75) is 12.8 Å².